The van der Waals surface area contributed by atoms with E-state index in [4.69, 9.17) is 9.15 Å². The molecule has 5 heteroatoms. The third-order valence-electron chi connectivity index (χ3n) is 3.83. The smallest absolute Gasteiger partial charge is 0.296 e. The van der Waals surface area contributed by atoms with Crippen molar-refractivity contribution in [2.45, 2.75) is 18.9 Å². The molecular formula is C17H15FN2O2. The van der Waals surface area contributed by atoms with Crippen molar-refractivity contribution in [3.8, 4) is 5.75 Å². The predicted molar refractivity (Wildman–Crippen MR) is 81.5 cm³/mol. The number of benzene rings is 2. The van der Waals surface area contributed by atoms with Crippen molar-refractivity contribution >= 4 is 17.1 Å². The van der Waals surface area contributed by atoms with Crippen molar-refractivity contribution in [3.05, 3.63) is 53.8 Å². The number of halogens is 1. The fourth-order valence-electron chi connectivity index (χ4n) is 2.78. The zero-order valence-corrected chi connectivity index (χ0v) is 11.9. The van der Waals surface area contributed by atoms with E-state index >= 15 is 0 Å². The monoisotopic (exact) mass is 298 g/mol. The van der Waals surface area contributed by atoms with Gasteiger partial charge >= 0.3 is 0 Å². The molecule has 1 aliphatic heterocycles. The van der Waals surface area contributed by atoms with Gasteiger partial charge in [0.2, 0.25) is 0 Å². The third kappa shape index (κ3) is 2.39. The molecule has 0 radical (unpaired) electrons. The maximum Gasteiger partial charge on any atom is 0.296 e. The second-order valence-corrected chi connectivity index (χ2v) is 5.36. The Hall–Kier alpha value is -2.56. The van der Waals surface area contributed by atoms with E-state index in [0.29, 0.717) is 18.4 Å². The zero-order chi connectivity index (χ0) is 14.9. The molecule has 1 N–H and O–H groups in total. The fraction of sp³-hybridized carbons (Fsp3) is 0.235. The van der Waals surface area contributed by atoms with Gasteiger partial charge in [-0.2, -0.15) is 4.98 Å². The molecule has 0 spiro atoms. The fourth-order valence-corrected chi connectivity index (χ4v) is 2.78. The molecule has 0 unspecified atom stereocenters. The van der Waals surface area contributed by atoms with Crippen LogP contribution in [0.1, 0.15) is 24.4 Å². The Kier molecular flexibility index (Phi) is 3.18. The third-order valence-corrected chi connectivity index (χ3v) is 3.83. The number of hydrogen-bond acceptors (Lipinski definition) is 4. The van der Waals surface area contributed by atoms with E-state index in [2.05, 4.69) is 10.3 Å². The lowest BCUT2D eigenvalue weighted by molar-refractivity contribution is 0.316. The SMILES string of the molecule is Fc1ccc2c(c1)[C@@H](Nc1nc3ccccc3o1)CCCO2. The first-order chi connectivity index (χ1) is 10.8. The van der Waals surface area contributed by atoms with E-state index in [9.17, 15) is 4.39 Å². The quantitative estimate of drug-likeness (QED) is 0.766. The van der Waals surface area contributed by atoms with Gasteiger partial charge in [-0.1, -0.05) is 12.1 Å². The number of aromatic nitrogens is 1. The molecule has 22 heavy (non-hydrogen) atoms. The highest BCUT2D eigenvalue weighted by molar-refractivity contribution is 5.74. The van der Waals surface area contributed by atoms with Crippen LogP contribution in [0.25, 0.3) is 11.1 Å². The number of oxazole rings is 1. The Morgan fingerprint density at radius 2 is 2.09 bits per heavy atom. The standard InChI is InChI=1S/C17H15FN2O2/c18-11-7-8-15-12(10-11)13(5-3-9-21-15)19-17-20-14-4-1-2-6-16(14)22-17/h1-2,4,6-8,10,13H,3,5,9H2,(H,19,20)/t13-/m0/s1. The van der Waals surface area contributed by atoms with Crippen molar-refractivity contribution in [1.82, 2.24) is 4.98 Å². The summed E-state index contributed by atoms with van der Waals surface area (Å²) in [5.41, 5.74) is 2.34. The van der Waals surface area contributed by atoms with Crippen molar-refractivity contribution in [1.29, 1.82) is 0 Å². The highest BCUT2D eigenvalue weighted by Gasteiger charge is 2.22. The molecule has 0 amide bonds. The predicted octanol–water partition coefficient (Wildman–Crippen LogP) is 4.29. The van der Waals surface area contributed by atoms with Crippen LogP contribution in [0.3, 0.4) is 0 Å². The Labute approximate surface area is 126 Å². The Morgan fingerprint density at radius 3 is 3.00 bits per heavy atom. The first kappa shape index (κ1) is 13.1. The van der Waals surface area contributed by atoms with Crippen LogP contribution in [0.4, 0.5) is 10.4 Å². The second kappa shape index (κ2) is 5.33. The largest absolute Gasteiger partial charge is 0.493 e. The number of para-hydroxylation sites is 2. The molecule has 0 saturated carbocycles. The highest BCUT2D eigenvalue weighted by Crippen LogP contribution is 2.34. The number of hydrogen-bond donors (Lipinski definition) is 1. The van der Waals surface area contributed by atoms with Gasteiger partial charge in [0, 0.05) is 5.56 Å². The van der Waals surface area contributed by atoms with Crippen LogP contribution in [-0.2, 0) is 0 Å². The first-order valence-corrected chi connectivity index (χ1v) is 7.34. The molecule has 112 valence electrons. The summed E-state index contributed by atoms with van der Waals surface area (Å²) in [6.45, 7) is 0.629. The summed E-state index contributed by atoms with van der Waals surface area (Å²) in [6.07, 6.45) is 1.71. The summed E-state index contributed by atoms with van der Waals surface area (Å²) >= 11 is 0. The van der Waals surface area contributed by atoms with Gasteiger partial charge in [-0.3, -0.25) is 0 Å². The molecule has 0 aliphatic carbocycles. The summed E-state index contributed by atoms with van der Waals surface area (Å²) in [4.78, 5) is 4.42. The van der Waals surface area contributed by atoms with Crippen molar-refractivity contribution in [3.63, 3.8) is 0 Å². The number of fused-ring (bicyclic) bond motifs is 2. The maximum absolute atomic E-state index is 13.6. The van der Waals surface area contributed by atoms with Gasteiger partial charge in [0.1, 0.15) is 17.1 Å². The number of nitrogens with zero attached hydrogens (tertiary/aromatic N) is 1. The molecule has 0 bridgehead atoms. The average Bonchev–Trinajstić information content (AvgIpc) is 2.83. The Balaban J connectivity index is 1.68. The zero-order valence-electron chi connectivity index (χ0n) is 11.9. The Bertz CT molecular complexity index is 782. The molecule has 1 aliphatic rings. The number of ether oxygens (including phenoxy) is 1. The van der Waals surface area contributed by atoms with Crippen LogP contribution < -0.4 is 10.1 Å². The lowest BCUT2D eigenvalue weighted by Gasteiger charge is -2.17. The van der Waals surface area contributed by atoms with Crippen molar-refractivity contribution < 1.29 is 13.5 Å². The number of rotatable bonds is 2. The lowest BCUT2D eigenvalue weighted by atomic mass is 10.0. The average molecular weight is 298 g/mol. The van der Waals surface area contributed by atoms with E-state index in [-0.39, 0.29) is 11.9 Å². The molecule has 4 nitrogen and oxygen atoms in total. The molecule has 1 atom stereocenters. The van der Waals surface area contributed by atoms with Gasteiger partial charge in [-0.25, -0.2) is 4.39 Å². The van der Waals surface area contributed by atoms with Crippen molar-refractivity contribution in [2.24, 2.45) is 0 Å². The first-order valence-electron chi connectivity index (χ1n) is 7.34. The van der Waals surface area contributed by atoms with Crippen LogP contribution in [-0.4, -0.2) is 11.6 Å². The summed E-state index contributed by atoms with van der Waals surface area (Å²) in [6, 6.07) is 12.6. The van der Waals surface area contributed by atoms with Crippen LogP contribution in [0.5, 0.6) is 5.75 Å². The summed E-state index contributed by atoms with van der Waals surface area (Å²) < 4.78 is 25.0. The van der Waals surface area contributed by atoms with E-state index < -0.39 is 0 Å². The summed E-state index contributed by atoms with van der Waals surface area (Å²) in [5, 5.41) is 3.27. The van der Waals surface area contributed by atoms with Gasteiger partial charge in [0.05, 0.1) is 12.6 Å². The van der Waals surface area contributed by atoms with Crippen LogP contribution >= 0.6 is 0 Å². The number of anilines is 1. The molecule has 4 rings (SSSR count). The van der Waals surface area contributed by atoms with Crippen LogP contribution in [0.15, 0.2) is 46.9 Å². The summed E-state index contributed by atoms with van der Waals surface area (Å²) in [5.74, 6) is 0.445. The molecule has 3 aromatic rings. The van der Waals surface area contributed by atoms with Gasteiger partial charge < -0.3 is 14.5 Å². The minimum atomic E-state index is -0.270. The van der Waals surface area contributed by atoms with Crippen molar-refractivity contribution in [2.75, 3.05) is 11.9 Å². The second-order valence-electron chi connectivity index (χ2n) is 5.36. The topological polar surface area (TPSA) is 47.3 Å². The van der Waals surface area contributed by atoms with Crippen LogP contribution in [0, 0.1) is 5.82 Å². The molecule has 1 aromatic heterocycles. The molecule has 0 fully saturated rings. The lowest BCUT2D eigenvalue weighted by Crippen LogP contribution is -2.10. The highest BCUT2D eigenvalue weighted by atomic mass is 19.1. The van der Waals surface area contributed by atoms with E-state index in [1.54, 1.807) is 6.07 Å². The summed E-state index contributed by atoms with van der Waals surface area (Å²) in [7, 11) is 0. The molecule has 2 aromatic carbocycles. The molecule has 2 heterocycles. The van der Waals surface area contributed by atoms with E-state index in [1.165, 1.54) is 12.1 Å². The maximum atomic E-state index is 13.6. The number of nitrogens with one attached hydrogen (secondary N) is 1. The normalized spacial score (nSPS) is 17.6. The minimum absolute atomic E-state index is 0.0822. The van der Waals surface area contributed by atoms with Gasteiger partial charge in [-0.05, 0) is 43.2 Å². The van der Waals surface area contributed by atoms with Crippen LogP contribution in [0.2, 0.25) is 0 Å². The van der Waals surface area contributed by atoms with Gasteiger partial charge in [0.15, 0.2) is 5.58 Å². The Morgan fingerprint density at radius 1 is 1.18 bits per heavy atom. The van der Waals surface area contributed by atoms with E-state index in [1.807, 2.05) is 24.3 Å². The van der Waals surface area contributed by atoms with Gasteiger partial charge in [-0.15, -0.1) is 0 Å². The van der Waals surface area contributed by atoms with E-state index in [0.717, 1.165) is 29.5 Å². The molecule has 0 saturated heterocycles. The van der Waals surface area contributed by atoms with Gasteiger partial charge in [0.25, 0.3) is 6.01 Å². The minimum Gasteiger partial charge on any atom is -0.493 e. The molecular weight excluding hydrogens is 283 g/mol.